The number of benzene rings is 1. The van der Waals surface area contributed by atoms with Crippen molar-refractivity contribution in [2.75, 3.05) is 6.07 Å². The van der Waals surface area contributed by atoms with Gasteiger partial charge in [0.1, 0.15) is 6.07 Å². The molecule has 1 aromatic carbocycles. The van der Waals surface area contributed by atoms with Gasteiger partial charge < -0.3 is 4.74 Å². The summed E-state index contributed by atoms with van der Waals surface area (Å²) < 4.78 is 5.43. The Morgan fingerprint density at radius 2 is 1.73 bits per heavy atom. The molecule has 2 rings (SSSR count). The third-order valence-corrected chi connectivity index (χ3v) is 3.37. The van der Waals surface area contributed by atoms with Crippen LogP contribution in [0.5, 0.6) is 0 Å². The van der Waals surface area contributed by atoms with Crippen LogP contribution in [-0.2, 0) is 4.74 Å². The van der Waals surface area contributed by atoms with E-state index in [-0.39, 0.29) is 0 Å². The van der Waals surface area contributed by atoms with Crippen LogP contribution in [-0.4, -0.2) is 12.2 Å². The lowest BCUT2D eigenvalue weighted by atomic mass is 9.83. The molecule has 1 nitrogen and oxygen atoms in total. The maximum Gasteiger partial charge on any atom is 0.121 e. The molecular formula is C13H17ClO. The Morgan fingerprint density at radius 3 is 2.33 bits per heavy atom. The first-order valence-corrected chi connectivity index (χ1v) is 6.16. The number of ether oxygens (including phenoxy) is 1. The highest BCUT2D eigenvalue weighted by atomic mass is 35.5. The smallest absolute Gasteiger partial charge is 0.121 e. The van der Waals surface area contributed by atoms with Crippen molar-refractivity contribution in [2.45, 2.75) is 37.7 Å². The molecule has 0 unspecified atom stereocenters. The van der Waals surface area contributed by atoms with Crippen LogP contribution in [0.4, 0.5) is 0 Å². The van der Waals surface area contributed by atoms with Crippen LogP contribution in [0.1, 0.15) is 37.2 Å². The Labute approximate surface area is 96.4 Å². The van der Waals surface area contributed by atoms with E-state index in [1.807, 2.05) is 0 Å². The van der Waals surface area contributed by atoms with Gasteiger partial charge in [-0.1, -0.05) is 41.9 Å². The molecule has 0 atom stereocenters. The number of rotatable bonds is 3. The predicted molar refractivity (Wildman–Crippen MR) is 63.2 cm³/mol. The van der Waals surface area contributed by atoms with E-state index in [1.54, 1.807) is 0 Å². The summed E-state index contributed by atoms with van der Waals surface area (Å²) >= 11 is 5.57. The molecule has 0 amide bonds. The van der Waals surface area contributed by atoms with Crippen molar-refractivity contribution in [3.05, 3.63) is 35.9 Å². The maximum absolute atomic E-state index is 5.57. The summed E-state index contributed by atoms with van der Waals surface area (Å²) in [6.07, 6.45) is 5.14. The Hall–Kier alpha value is -0.530. The van der Waals surface area contributed by atoms with E-state index in [2.05, 4.69) is 30.3 Å². The van der Waals surface area contributed by atoms with Gasteiger partial charge in [-0.25, -0.2) is 0 Å². The molecule has 1 aromatic rings. The van der Waals surface area contributed by atoms with Gasteiger partial charge in [-0.3, -0.25) is 0 Å². The van der Waals surface area contributed by atoms with Crippen molar-refractivity contribution in [2.24, 2.45) is 0 Å². The fourth-order valence-electron chi connectivity index (χ4n) is 2.38. The van der Waals surface area contributed by atoms with Crippen molar-refractivity contribution in [3.63, 3.8) is 0 Å². The summed E-state index contributed by atoms with van der Waals surface area (Å²) in [6.45, 7) is 0. The topological polar surface area (TPSA) is 9.23 Å². The minimum Gasteiger partial charge on any atom is -0.363 e. The summed E-state index contributed by atoms with van der Waals surface area (Å²) in [5, 5.41) is 0. The summed E-state index contributed by atoms with van der Waals surface area (Å²) in [4.78, 5) is 0. The van der Waals surface area contributed by atoms with E-state index < -0.39 is 0 Å². The van der Waals surface area contributed by atoms with Crippen LogP contribution < -0.4 is 0 Å². The second-order valence-electron chi connectivity index (χ2n) is 4.16. The van der Waals surface area contributed by atoms with Crippen LogP contribution in [0, 0.1) is 0 Å². The van der Waals surface area contributed by atoms with Crippen molar-refractivity contribution in [3.8, 4) is 0 Å². The van der Waals surface area contributed by atoms with E-state index in [4.69, 9.17) is 16.3 Å². The third-order valence-electron chi connectivity index (χ3n) is 3.24. The monoisotopic (exact) mass is 224 g/mol. The predicted octanol–water partition coefficient (Wildman–Crippen LogP) is 3.93. The van der Waals surface area contributed by atoms with Gasteiger partial charge in [0.25, 0.3) is 0 Å². The lowest BCUT2D eigenvalue weighted by Crippen LogP contribution is -2.20. The van der Waals surface area contributed by atoms with Gasteiger partial charge in [0.05, 0.1) is 6.10 Å². The van der Waals surface area contributed by atoms with Gasteiger partial charge in [-0.15, -0.1) is 0 Å². The highest BCUT2D eigenvalue weighted by Crippen LogP contribution is 2.33. The molecule has 1 saturated carbocycles. The standard InChI is InChI=1S/C13H17ClO/c14-10-15-13-8-6-12(7-9-13)11-4-2-1-3-5-11/h1-5,12-13H,6-10H2/t12-,13+. The molecule has 82 valence electrons. The van der Waals surface area contributed by atoms with Gasteiger partial charge in [-0.05, 0) is 37.2 Å². The number of hydrogen-bond acceptors (Lipinski definition) is 1. The maximum atomic E-state index is 5.57. The van der Waals surface area contributed by atoms with E-state index in [0.717, 1.165) is 18.8 Å². The number of halogens is 1. The molecule has 0 heterocycles. The second kappa shape index (κ2) is 5.53. The zero-order chi connectivity index (χ0) is 10.5. The van der Waals surface area contributed by atoms with Gasteiger partial charge in [0, 0.05) is 0 Å². The van der Waals surface area contributed by atoms with Crippen molar-refractivity contribution in [1.29, 1.82) is 0 Å². The van der Waals surface area contributed by atoms with E-state index >= 15 is 0 Å². The SMILES string of the molecule is ClCO[C@H]1CC[C@@H](c2ccccc2)CC1. The molecule has 1 aliphatic rings. The zero-order valence-corrected chi connectivity index (χ0v) is 9.62. The van der Waals surface area contributed by atoms with Crippen molar-refractivity contribution in [1.82, 2.24) is 0 Å². The number of hydrogen-bond donors (Lipinski definition) is 0. The van der Waals surface area contributed by atoms with E-state index in [0.29, 0.717) is 12.2 Å². The van der Waals surface area contributed by atoms with Gasteiger partial charge in [0.2, 0.25) is 0 Å². The molecule has 0 aromatic heterocycles. The normalized spacial score (nSPS) is 26.5. The van der Waals surface area contributed by atoms with Crippen LogP contribution in [0.3, 0.4) is 0 Å². The molecule has 1 aliphatic carbocycles. The Bertz CT molecular complexity index is 278. The molecule has 0 N–H and O–H groups in total. The van der Waals surface area contributed by atoms with Crippen molar-refractivity contribution >= 4 is 11.6 Å². The van der Waals surface area contributed by atoms with E-state index in [9.17, 15) is 0 Å². The summed E-state index contributed by atoms with van der Waals surface area (Å²) in [7, 11) is 0. The fourth-order valence-corrected chi connectivity index (χ4v) is 2.56. The molecule has 0 aliphatic heterocycles. The zero-order valence-electron chi connectivity index (χ0n) is 8.86. The quantitative estimate of drug-likeness (QED) is 0.707. The molecule has 0 bridgehead atoms. The molecular weight excluding hydrogens is 208 g/mol. The highest BCUT2D eigenvalue weighted by molar-refractivity contribution is 6.17. The first-order valence-electron chi connectivity index (χ1n) is 5.62. The summed E-state index contributed by atoms with van der Waals surface area (Å²) in [5.41, 5.74) is 1.47. The summed E-state index contributed by atoms with van der Waals surface area (Å²) in [6, 6.07) is 11.1. The average molecular weight is 225 g/mol. The summed E-state index contributed by atoms with van der Waals surface area (Å²) in [5.74, 6) is 0.723. The molecule has 0 saturated heterocycles. The third kappa shape index (κ3) is 2.96. The molecule has 15 heavy (non-hydrogen) atoms. The van der Waals surface area contributed by atoms with Gasteiger partial charge in [-0.2, -0.15) is 0 Å². The Balaban J connectivity index is 1.88. The Kier molecular flexibility index (Phi) is 4.04. The van der Waals surface area contributed by atoms with Crippen molar-refractivity contribution < 1.29 is 4.74 Å². The first kappa shape index (κ1) is 11.0. The van der Waals surface area contributed by atoms with Gasteiger partial charge >= 0.3 is 0 Å². The lowest BCUT2D eigenvalue weighted by molar-refractivity contribution is 0.0531. The fraction of sp³-hybridized carbons (Fsp3) is 0.538. The molecule has 2 heteroatoms. The molecule has 0 spiro atoms. The number of alkyl halides is 1. The average Bonchev–Trinajstić information content (AvgIpc) is 2.32. The first-order chi connectivity index (χ1) is 7.40. The Morgan fingerprint density at radius 1 is 1.07 bits per heavy atom. The van der Waals surface area contributed by atoms with Crippen LogP contribution in [0.15, 0.2) is 30.3 Å². The largest absolute Gasteiger partial charge is 0.363 e. The van der Waals surface area contributed by atoms with E-state index in [1.165, 1.54) is 18.4 Å². The molecule has 0 radical (unpaired) electrons. The second-order valence-corrected chi connectivity index (χ2v) is 4.38. The highest BCUT2D eigenvalue weighted by Gasteiger charge is 2.22. The molecule has 1 fully saturated rings. The van der Waals surface area contributed by atoms with Crippen LogP contribution >= 0.6 is 11.6 Å². The van der Waals surface area contributed by atoms with Crippen LogP contribution in [0.25, 0.3) is 0 Å². The van der Waals surface area contributed by atoms with Crippen LogP contribution in [0.2, 0.25) is 0 Å². The minimum absolute atomic E-state index is 0.334. The van der Waals surface area contributed by atoms with Gasteiger partial charge in [0.15, 0.2) is 0 Å². The minimum atomic E-state index is 0.334. The lowest BCUT2D eigenvalue weighted by Gasteiger charge is -2.28.